The number of hydrogen-bond acceptors (Lipinski definition) is 7. The van der Waals surface area contributed by atoms with Crippen LogP contribution in [0.25, 0.3) is 0 Å². The second-order valence-electron chi connectivity index (χ2n) is 4.31. The number of carboxylic acid groups (broad SMARTS) is 1. The number of rotatable bonds is 10. The largest absolute Gasteiger partial charge is 0.480 e. The summed E-state index contributed by atoms with van der Waals surface area (Å²) in [4.78, 5) is 45.0. The molecule has 22 heavy (non-hydrogen) atoms. The lowest BCUT2D eigenvalue weighted by molar-refractivity contribution is -0.143. The van der Waals surface area contributed by atoms with Crippen molar-refractivity contribution in [2.75, 3.05) is 18.9 Å². The molecular weight excluding hydrogens is 314 g/mol. The van der Waals surface area contributed by atoms with Crippen LogP contribution in [-0.4, -0.2) is 59.8 Å². The first-order chi connectivity index (χ1) is 10.3. The topological polar surface area (TPSA) is 148 Å². The van der Waals surface area contributed by atoms with Gasteiger partial charge >= 0.3 is 11.9 Å². The fourth-order valence-electron chi connectivity index (χ4n) is 1.37. The average molecular weight is 335 g/mol. The predicted molar refractivity (Wildman–Crippen MR) is 80.3 cm³/mol. The maximum atomic E-state index is 11.8. The smallest absolute Gasteiger partial charge is 0.325 e. The van der Waals surface area contributed by atoms with Gasteiger partial charge in [-0.1, -0.05) is 0 Å². The molecule has 0 fully saturated rings. The first kappa shape index (κ1) is 20.2. The van der Waals surface area contributed by atoms with Gasteiger partial charge in [0.1, 0.15) is 18.6 Å². The van der Waals surface area contributed by atoms with E-state index in [1.54, 1.807) is 6.92 Å². The van der Waals surface area contributed by atoms with Crippen LogP contribution in [0.15, 0.2) is 0 Å². The van der Waals surface area contributed by atoms with Crippen LogP contribution in [-0.2, 0) is 23.9 Å². The highest BCUT2D eigenvalue weighted by Crippen LogP contribution is 1.97. The summed E-state index contributed by atoms with van der Waals surface area (Å²) in [5.74, 6) is -2.88. The van der Waals surface area contributed by atoms with Crippen LogP contribution < -0.4 is 16.4 Å². The minimum absolute atomic E-state index is 0.0192. The van der Waals surface area contributed by atoms with Crippen molar-refractivity contribution in [1.29, 1.82) is 0 Å². The Labute approximate surface area is 133 Å². The van der Waals surface area contributed by atoms with Gasteiger partial charge in [-0.3, -0.25) is 19.2 Å². The molecule has 0 saturated heterocycles. The monoisotopic (exact) mass is 335 g/mol. The zero-order chi connectivity index (χ0) is 17.1. The molecule has 2 amide bonds. The predicted octanol–water partition coefficient (Wildman–Crippen LogP) is -1.73. The number of nitrogens with one attached hydrogen (secondary N) is 2. The Kier molecular flexibility index (Phi) is 9.96. The first-order valence-corrected chi connectivity index (χ1v) is 7.27. The molecule has 2 atom stereocenters. The van der Waals surface area contributed by atoms with Crippen molar-refractivity contribution >= 4 is 36.4 Å². The van der Waals surface area contributed by atoms with Gasteiger partial charge in [0.05, 0.1) is 6.61 Å². The van der Waals surface area contributed by atoms with E-state index in [9.17, 15) is 19.2 Å². The van der Waals surface area contributed by atoms with Crippen LogP contribution in [0.4, 0.5) is 0 Å². The number of nitrogens with two attached hydrogens (primary N) is 1. The Morgan fingerprint density at radius 2 is 1.95 bits per heavy atom. The van der Waals surface area contributed by atoms with Crippen molar-refractivity contribution in [3.63, 3.8) is 0 Å². The third kappa shape index (κ3) is 8.47. The van der Waals surface area contributed by atoms with Crippen molar-refractivity contribution in [2.24, 2.45) is 5.73 Å². The Bertz CT molecular complexity index is 418. The van der Waals surface area contributed by atoms with Gasteiger partial charge < -0.3 is 26.2 Å². The molecule has 0 unspecified atom stereocenters. The van der Waals surface area contributed by atoms with Gasteiger partial charge in [0.25, 0.3) is 0 Å². The third-order valence-electron chi connectivity index (χ3n) is 2.55. The van der Waals surface area contributed by atoms with Gasteiger partial charge in [-0.2, -0.15) is 12.6 Å². The molecule has 10 heteroatoms. The lowest BCUT2D eigenvalue weighted by Crippen LogP contribution is -2.49. The molecule has 0 aromatic heterocycles. The van der Waals surface area contributed by atoms with E-state index in [4.69, 9.17) is 10.8 Å². The van der Waals surface area contributed by atoms with E-state index < -0.39 is 35.8 Å². The van der Waals surface area contributed by atoms with Crippen LogP contribution in [0, 0.1) is 0 Å². The molecule has 0 radical (unpaired) electrons. The Morgan fingerprint density at radius 3 is 2.45 bits per heavy atom. The van der Waals surface area contributed by atoms with Crippen LogP contribution in [0.5, 0.6) is 0 Å². The molecule has 0 heterocycles. The van der Waals surface area contributed by atoms with Gasteiger partial charge in [0, 0.05) is 12.2 Å². The molecule has 0 rings (SSSR count). The fourth-order valence-corrected chi connectivity index (χ4v) is 1.62. The summed E-state index contributed by atoms with van der Waals surface area (Å²) in [7, 11) is 0. The number of hydrogen-bond donors (Lipinski definition) is 5. The molecule has 0 aliphatic rings. The van der Waals surface area contributed by atoms with E-state index in [2.05, 4.69) is 28.0 Å². The van der Waals surface area contributed by atoms with E-state index in [1.807, 2.05) is 0 Å². The van der Waals surface area contributed by atoms with Crippen LogP contribution >= 0.6 is 12.6 Å². The lowest BCUT2D eigenvalue weighted by Gasteiger charge is -2.16. The highest BCUT2D eigenvalue weighted by molar-refractivity contribution is 7.80. The van der Waals surface area contributed by atoms with Crippen molar-refractivity contribution in [3.05, 3.63) is 0 Å². The summed E-state index contributed by atoms with van der Waals surface area (Å²) in [6.45, 7) is 1.53. The maximum Gasteiger partial charge on any atom is 0.325 e. The molecule has 9 nitrogen and oxygen atoms in total. The van der Waals surface area contributed by atoms with Crippen LogP contribution in [0.3, 0.4) is 0 Å². The normalized spacial score (nSPS) is 12.9. The Hall–Kier alpha value is -1.81. The van der Waals surface area contributed by atoms with E-state index in [0.29, 0.717) is 0 Å². The highest BCUT2D eigenvalue weighted by atomic mass is 32.1. The quantitative estimate of drug-likeness (QED) is 0.235. The molecule has 0 aliphatic heterocycles. The van der Waals surface area contributed by atoms with Crippen LogP contribution in [0.1, 0.15) is 19.8 Å². The van der Waals surface area contributed by atoms with Gasteiger partial charge in [-0.05, 0) is 13.3 Å². The number of carbonyl (C=O) groups excluding carboxylic acids is 3. The van der Waals surface area contributed by atoms with Gasteiger partial charge in [-0.25, -0.2) is 0 Å². The maximum absolute atomic E-state index is 11.8. The minimum atomic E-state index is -1.20. The van der Waals surface area contributed by atoms with Crippen molar-refractivity contribution in [2.45, 2.75) is 31.8 Å². The second-order valence-corrected chi connectivity index (χ2v) is 4.67. The summed E-state index contributed by atoms with van der Waals surface area (Å²) >= 11 is 3.95. The van der Waals surface area contributed by atoms with E-state index in [-0.39, 0.29) is 31.7 Å². The number of thiol groups is 1. The number of carboxylic acids is 1. The number of aliphatic carboxylic acids is 1. The molecule has 0 saturated carbocycles. The molecule has 126 valence electrons. The number of ether oxygens (including phenoxy) is 1. The summed E-state index contributed by atoms with van der Waals surface area (Å²) < 4.78 is 4.64. The minimum Gasteiger partial charge on any atom is -0.480 e. The molecular formula is C12H21N3O6S. The molecule has 5 N–H and O–H groups in total. The molecule has 0 bridgehead atoms. The van der Waals surface area contributed by atoms with Crippen LogP contribution in [0.2, 0.25) is 0 Å². The lowest BCUT2D eigenvalue weighted by atomic mass is 10.1. The summed E-state index contributed by atoms with van der Waals surface area (Å²) in [6.07, 6.45) is -0.187. The second kappa shape index (κ2) is 10.9. The van der Waals surface area contributed by atoms with Crippen molar-refractivity contribution in [3.8, 4) is 0 Å². The summed E-state index contributed by atoms with van der Waals surface area (Å²) in [5.41, 5.74) is 5.27. The number of amides is 2. The molecule has 0 aliphatic carbocycles. The molecule has 0 spiro atoms. The average Bonchev–Trinajstić information content (AvgIpc) is 2.47. The van der Waals surface area contributed by atoms with Gasteiger partial charge in [0.15, 0.2) is 0 Å². The Morgan fingerprint density at radius 1 is 1.32 bits per heavy atom. The summed E-state index contributed by atoms with van der Waals surface area (Å²) in [6, 6.07) is -2.08. The van der Waals surface area contributed by atoms with E-state index >= 15 is 0 Å². The van der Waals surface area contributed by atoms with E-state index in [1.165, 1.54) is 0 Å². The Balaban J connectivity index is 4.23. The number of esters is 1. The zero-order valence-electron chi connectivity index (χ0n) is 12.2. The third-order valence-corrected chi connectivity index (χ3v) is 2.91. The number of carbonyl (C=O) groups is 4. The first-order valence-electron chi connectivity index (χ1n) is 6.63. The highest BCUT2D eigenvalue weighted by Gasteiger charge is 2.21. The van der Waals surface area contributed by atoms with Gasteiger partial charge in [0.2, 0.25) is 11.8 Å². The van der Waals surface area contributed by atoms with Crippen molar-refractivity contribution in [1.82, 2.24) is 10.6 Å². The SMILES string of the molecule is CCOC(=O)CNC(=O)[C@H](CS)NC(=O)CC[C@H](N)C(=O)O. The van der Waals surface area contributed by atoms with Crippen molar-refractivity contribution < 1.29 is 29.0 Å². The summed E-state index contributed by atoms with van der Waals surface area (Å²) in [5, 5.41) is 13.3. The fraction of sp³-hybridized carbons (Fsp3) is 0.667. The standard InChI is InChI=1S/C12H21N3O6S/c1-2-21-10(17)5-14-11(18)8(6-22)15-9(16)4-3-7(13)12(19)20/h7-8,22H,2-6,13H2,1H3,(H,14,18)(H,15,16)(H,19,20)/t7-,8-/m0/s1. The molecule has 0 aromatic carbocycles. The van der Waals surface area contributed by atoms with Gasteiger partial charge in [-0.15, -0.1) is 0 Å². The van der Waals surface area contributed by atoms with E-state index in [0.717, 1.165) is 0 Å². The zero-order valence-corrected chi connectivity index (χ0v) is 13.1. The molecule has 0 aromatic rings.